The van der Waals surface area contributed by atoms with Crippen molar-refractivity contribution in [2.45, 2.75) is 18.8 Å². The lowest BCUT2D eigenvalue weighted by atomic mass is 9.97. The van der Waals surface area contributed by atoms with Crippen molar-refractivity contribution >= 4 is 5.69 Å². The largest absolute Gasteiger partial charge is 0.366 e. The molecule has 0 N–H and O–H groups in total. The van der Waals surface area contributed by atoms with Crippen LogP contribution in [0.4, 0.5) is 27.6 Å². The number of rotatable bonds is 3. The molecule has 10 heteroatoms. The van der Waals surface area contributed by atoms with Crippen molar-refractivity contribution in [1.82, 2.24) is 15.1 Å². The van der Waals surface area contributed by atoms with Crippen LogP contribution in [0.1, 0.15) is 24.7 Å². The summed E-state index contributed by atoms with van der Waals surface area (Å²) in [5.41, 5.74) is -0.391. The molecule has 0 saturated carbocycles. The van der Waals surface area contributed by atoms with Gasteiger partial charge in [0.1, 0.15) is 11.5 Å². The number of pyridine rings is 1. The van der Waals surface area contributed by atoms with Gasteiger partial charge in [-0.3, -0.25) is 0 Å². The summed E-state index contributed by atoms with van der Waals surface area (Å²) in [6.07, 6.45) is 1.05. The maximum absolute atomic E-state index is 14.0. The summed E-state index contributed by atoms with van der Waals surface area (Å²) in [7, 11) is 0. The molecule has 2 aromatic heterocycles. The molecule has 5 nitrogen and oxygen atoms in total. The van der Waals surface area contributed by atoms with Gasteiger partial charge in [-0.05, 0) is 25.0 Å². The first kappa shape index (κ1) is 18.3. The van der Waals surface area contributed by atoms with Crippen LogP contribution in [0.2, 0.25) is 0 Å². The zero-order valence-electron chi connectivity index (χ0n) is 14.3. The molecule has 1 saturated heterocycles. The van der Waals surface area contributed by atoms with Gasteiger partial charge in [0.2, 0.25) is 23.3 Å². The molecule has 0 amide bonds. The molecular weight excluding hydrogens is 383 g/mol. The van der Waals surface area contributed by atoms with Crippen LogP contribution in [0.15, 0.2) is 28.8 Å². The fourth-order valence-electron chi connectivity index (χ4n) is 3.28. The lowest BCUT2D eigenvalue weighted by molar-refractivity contribution is 0.330. The van der Waals surface area contributed by atoms with Crippen molar-refractivity contribution in [3.05, 3.63) is 59.5 Å². The molecule has 1 aliphatic heterocycles. The number of nitrogens with zero attached hydrogens (tertiary/aromatic N) is 4. The Bertz CT molecular complexity index is 999. The lowest BCUT2D eigenvalue weighted by Gasteiger charge is -2.33. The van der Waals surface area contributed by atoms with Crippen LogP contribution in [0.25, 0.3) is 11.4 Å². The molecule has 0 bridgehead atoms. The lowest BCUT2D eigenvalue weighted by Crippen LogP contribution is -2.36. The van der Waals surface area contributed by atoms with Gasteiger partial charge >= 0.3 is 0 Å². The van der Waals surface area contributed by atoms with Gasteiger partial charge in [0.15, 0.2) is 0 Å². The van der Waals surface area contributed by atoms with Crippen LogP contribution in [-0.4, -0.2) is 28.2 Å². The minimum atomic E-state index is -1.71. The molecule has 0 aliphatic carbocycles. The van der Waals surface area contributed by atoms with Crippen molar-refractivity contribution in [3.63, 3.8) is 0 Å². The molecule has 3 aromatic rings. The third kappa shape index (κ3) is 3.30. The smallest absolute Gasteiger partial charge is 0.253 e. The van der Waals surface area contributed by atoms with E-state index in [0.29, 0.717) is 18.4 Å². The third-order valence-electron chi connectivity index (χ3n) is 4.59. The summed E-state index contributed by atoms with van der Waals surface area (Å²) in [4.78, 5) is 8.00. The number of halogens is 5. The first-order chi connectivity index (χ1) is 13.4. The van der Waals surface area contributed by atoms with Crippen LogP contribution < -0.4 is 4.90 Å². The van der Waals surface area contributed by atoms with Crippen LogP contribution >= 0.6 is 0 Å². The molecule has 0 radical (unpaired) electrons. The van der Waals surface area contributed by atoms with Gasteiger partial charge in [0.25, 0.3) is 11.9 Å². The number of hydrogen-bond donors (Lipinski definition) is 0. The SMILES string of the molecule is Fc1cccc(-c2noc(C3CCCN(c4c(F)c(F)nc(F)c4F)C3)n2)c1. The van der Waals surface area contributed by atoms with E-state index in [2.05, 4.69) is 15.1 Å². The zero-order valence-corrected chi connectivity index (χ0v) is 14.3. The average Bonchev–Trinajstić information content (AvgIpc) is 3.17. The minimum Gasteiger partial charge on any atom is -0.366 e. The third-order valence-corrected chi connectivity index (χ3v) is 4.59. The summed E-state index contributed by atoms with van der Waals surface area (Å²) in [6.45, 7) is 0.208. The Hall–Kier alpha value is -3.04. The maximum Gasteiger partial charge on any atom is 0.253 e. The highest BCUT2D eigenvalue weighted by atomic mass is 19.2. The van der Waals surface area contributed by atoms with Gasteiger partial charge in [-0.25, -0.2) is 4.39 Å². The normalized spacial score (nSPS) is 17.2. The molecule has 1 unspecified atom stereocenters. The predicted octanol–water partition coefficient (Wildman–Crippen LogP) is 4.21. The zero-order chi connectivity index (χ0) is 19.8. The van der Waals surface area contributed by atoms with Crippen LogP contribution in [0, 0.1) is 29.3 Å². The summed E-state index contributed by atoms with van der Waals surface area (Å²) < 4.78 is 73.5. The Kier molecular flexibility index (Phi) is 4.70. The fourth-order valence-corrected chi connectivity index (χ4v) is 3.28. The number of hydrogen-bond acceptors (Lipinski definition) is 5. The molecule has 1 aliphatic rings. The monoisotopic (exact) mass is 396 g/mol. The van der Waals surface area contributed by atoms with Crippen molar-refractivity contribution in [3.8, 4) is 11.4 Å². The Morgan fingerprint density at radius 3 is 2.46 bits per heavy atom. The molecule has 3 heterocycles. The van der Waals surface area contributed by atoms with Crippen LogP contribution in [-0.2, 0) is 0 Å². The summed E-state index contributed by atoms with van der Waals surface area (Å²) in [5.74, 6) is -7.02. The van der Waals surface area contributed by atoms with E-state index in [-0.39, 0.29) is 24.8 Å². The standard InChI is InChI=1S/C18H13F5N4O/c19-11-5-1-3-9(7-11)17-25-18(28-26-17)10-4-2-6-27(8-10)14-12(20)15(22)24-16(23)13(14)21/h1,3,5,7,10H,2,4,6,8H2. The van der Waals surface area contributed by atoms with E-state index in [0.717, 1.165) is 0 Å². The minimum absolute atomic E-state index is 0.0154. The molecular formula is C18H13F5N4O. The number of benzene rings is 1. The molecule has 1 aromatic carbocycles. The van der Waals surface area contributed by atoms with Crippen molar-refractivity contribution < 1.29 is 26.5 Å². The first-order valence-corrected chi connectivity index (χ1v) is 8.48. The summed E-state index contributed by atoms with van der Waals surface area (Å²) in [6, 6.07) is 5.63. The van der Waals surface area contributed by atoms with Crippen molar-refractivity contribution in [2.24, 2.45) is 0 Å². The number of piperidine rings is 1. The van der Waals surface area contributed by atoms with E-state index in [1.165, 1.54) is 23.1 Å². The van der Waals surface area contributed by atoms with E-state index in [1.54, 1.807) is 6.07 Å². The highest BCUT2D eigenvalue weighted by Crippen LogP contribution is 2.33. The molecule has 1 fully saturated rings. The predicted molar refractivity (Wildman–Crippen MR) is 87.9 cm³/mol. The first-order valence-electron chi connectivity index (χ1n) is 8.48. The quantitative estimate of drug-likeness (QED) is 0.490. The molecule has 0 spiro atoms. The van der Waals surface area contributed by atoms with Gasteiger partial charge in [-0.1, -0.05) is 17.3 Å². The van der Waals surface area contributed by atoms with E-state index < -0.39 is 41.0 Å². The van der Waals surface area contributed by atoms with Gasteiger partial charge in [0.05, 0.1) is 5.92 Å². The second-order valence-electron chi connectivity index (χ2n) is 6.42. The highest BCUT2D eigenvalue weighted by Gasteiger charge is 2.32. The van der Waals surface area contributed by atoms with E-state index in [4.69, 9.17) is 4.52 Å². The maximum atomic E-state index is 14.0. The van der Waals surface area contributed by atoms with Crippen molar-refractivity contribution in [1.29, 1.82) is 0 Å². The van der Waals surface area contributed by atoms with Gasteiger partial charge in [0, 0.05) is 18.7 Å². The Morgan fingerprint density at radius 1 is 1.00 bits per heavy atom. The Balaban J connectivity index is 1.61. The topological polar surface area (TPSA) is 55.1 Å². The van der Waals surface area contributed by atoms with Crippen molar-refractivity contribution in [2.75, 3.05) is 18.0 Å². The molecule has 1 atom stereocenters. The molecule has 146 valence electrons. The van der Waals surface area contributed by atoms with E-state index in [1.807, 2.05) is 0 Å². The number of anilines is 1. The molecule has 28 heavy (non-hydrogen) atoms. The van der Waals surface area contributed by atoms with Crippen LogP contribution in [0.5, 0.6) is 0 Å². The highest BCUT2D eigenvalue weighted by molar-refractivity contribution is 5.54. The summed E-state index contributed by atoms with van der Waals surface area (Å²) in [5, 5.41) is 3.81. The van der Waals surface area contributed by atoms with Crippen LogP contribution in [0.3, 0.4) is 0 Å². The Morgan fingerprint density at radius 2 is 1.75 bits per heavy atom. The average molecular weight is 396 g/mol. The fraction of sp³-hybridized carbons (Fsp3) is 0.278. The number of aromatic nitrogens is 3. The van der Waals surface area contributed by atoms with Gasteiger partial charge in [-0.15, -0.1) is 0 Å². The second kappa shape index (κ2) is 7.17. The molecule has 4 rings (SSSR count). The Labute approximate surface area is 155 Å². The second-order valence-corrected chi connectivity index (χ2v) is 6.42. The van der Waals surface area contributed by atoms with E-state index in [9.17, 15) is 22.0 Å². The van der Waals surface area contributed by atoms with E-state index >= 15 is 0 Å². The summed E-state index contributed by atoms with van der Waals surface area (Å²) >= 11 is 0. The van der Waals surface area contributed by atoms with Gasteiger partial charge < -0.3 is 9.42 Å². The van der Waals surface area contributed by atoms with Gasteiger partial charge in [-0.2, -0.15) is 27.5 Å².